The van der Waals surface area contributed by atoms with Crippen LogP contribution in [0.15, 0.2) is 23.1 Å². The molecule has 0 bridgehead atoms. The quantitative estimate of drug-likeness (QED) is 0.838. The molecular formula is C11H16FNO4S. The molecule has 0 radical (unpaired) electrons. The molecule has 0 saturated heterocycles. The zero-order chi connectivity index (χ0) is 14.0. The summed E-state index contributed by atoms with van der Waals surface area (Å²) in [6.45, 7) is 2.76. The van der Waals surface area contributed by atoms with Gasteiger partial charge in [0.05, 0.1) is 17.6 Å². The van der Waals surface area contributed by atoms with E-state index in [4.69, 9.17) is 4.74 Å². The van der Waals surface area contributed by atoms with Gasteiger partial charge in [0, 0.05) is 6.54 Å². The highest BCUT2D eigenvalue weighted by atomic mass is 32.2. The third-order valence-electron chi connectivity index (χ3n) is 2.13. The van der Waals surface area contributed by atoms with Crippen LogP contribution in [-0.2, 0) is 10.0 Å². The van der Waals surface area contributed by atoms with Crippen molar-refractivity contribution in [1.29, 1.82) is 0 Å². The van der Waals surface area contributed by atoms with Crippen molar-refractivity contribution in [2.45, 2.75) is 24.3 Å². The van der Waals surface area contributed by atoms with Gasteiger partial charge in [0.1, 0.15) is 0 Å². The second-order valence-electron chi connectivity index (χ2n) is 4.43. The van der Waals surface area contributed by atoms with Crippen molar-refractivity contribution in [2.24, 2.45) is 0 Å². The van der Waals surface area contributed by atoms with E-state index in [9.17, 15) is 17.9 Å². The van der Waals surface area contributed by atoms with E-state index in [1.54, 1.807) is 0 Å². The number of hydrogen-bond donors (Lipinski definition) is 2. The molecule has 0 heterocycles. The van der Waals surface area contributed by atoms with Gasteiger partial charge in [-0.3, -0.25) is 0 Å². The van der Waals surface area contributed by atoms with E-state index in [0.717, 1.165) is 6.07 Å². The van der Waals surface area contributed by atoms with Gasteiger partial charge in [-0.15, -0.1) is 0 Å². The Morgan fingerprint density at radius 3 is 2.50 bits per heavy atom. The lowest BCUT2D eigenvalue weighted by Crippen LogP contribution is -2.38. The van der Waals surface area contributed by atoms with Crippen LogP contribution in [-0.4, -0.2) is 32.8 Å². The lowest BCUT2D eigenvalue weighted by Gasteiger charge is -2.17. The molecule has 102 valence electrons. The molecule has 0 aromatic heterocycles. The van der Waals surface area contributed by atoms with Crippen LogP contribution in [0, 0.1) is 5.82 Å². The molecular weight excluding hydrogens is 261 g/mol. The molecule has 0 spiro atoms. The first-order valence-electron chi connectivity index (χ1n) is 5.21. The number of nitrogens with one attached hydrogen (secondary N) is 1. The summed E-state index contributed by atoms with van der Waals surface area (Å²) < 4.78 is 43.9. The Labute approximate surface area is 106 Å². The highest BCUT2D eigenvalue weighted by molar-refractivity contribution is 7.89. The summed E-state index contributed by atoms with van der Waals surface area (Å²) in [6.07, 6.45) is 0. The molecule has 1 rings (SSSR count). The molecule has 0 atom stereocenters. The van der Waals surface area contributed by atoms with Gasteiger partial charge in [0.25, 0.3) is 0 Å². The first-order chi connectivity index (χ1) is 8.15. The smallest absolute Gasteiger partial charge is 0.240 e. The normalized spacial score (nSPS) is 12.5. The van der Waals surface area contributed by atoms with Crippen LogP contribution in [0.2, 0.25) is 0 Å². The number of hydrogen-bond acceptors (Lipinski definition) is 4. The van der Waals surface area contributed by atoms with Crippen molar-refractivity contribution in [3.05, 3.63) is 24.0 Å². The Balaban J connectivity index is 2.96. The minimum Gasteiger partial charge on any atom is -0.494 e. The van der Waals surface area contributed by atoms with Crippen LogP contribution in [0.1, 0.15) is 13.8 Å². The number of aliphatic hydroxyl groups is 1. The Morgan fingerprint density at radius 2 is 2.06 bits per heavy atom. The summed E-state index contributed by atoms with van der Waals surface area (Å²) in [5, 5.41) is 9.44. The van der Waals surface area contributed by atoms with Crippen LogP contribution in [0.3, 0.4) is 0 Å². The highest BCUT2D eigenvalue weighted by Crippen LogP contribution is 2.20. The van der Waals surface area contributed by atoms with Gasteiger partial charge in [-0.1, -0.05) is 0 Å². The summed E-state index contributed by atoms with van der Waals surface area (Å²) >= 11 is 0. The highest BCUT2D eigenvalue weighted by Gasteiger charge is 2.20. The van der Waals surface area contributed by atoms with Crippen LogP contribution in [0.5, 0.6) is 5.75 Å². The summed E-state index contributed by atoms with van der Waals surface area (Å²) in [5.41, 5.74) is -1.18. The zero-order valence-corrected chi connectivity index (χ0v) is 11.2. The maximum absolute atomic E-state index is 13.4. The maximum Gasteiger partial charge on any atom is 0.240 e. The molecule has 0 unspecified atom stereocenters. The minimum absolute atomic E-state index is 0.0311. The van der Waals surface area contributed by atoms with Crippen molar-refractivity contribution >= 4 is 10.0 Å². The topological polar surface area (TPSA) is 75.6 Å². The molecule has 0 aliphatic rings. The largest absolute Gasteiger partial charge is 0.494 e. The summed E-state index contributed by atoms with van der Waals surface area (Å²) in [4.78, 5) is -0.218. The van der Waals surface area contributed by atoms with E-state index in [-0.39, 0.29) is 17.2 Å². The van der Waals surface area contributed by atoms with Gasteiger partial charge in [-0.25, -0.2) is 17.5 Å². The molecule has 0 saturated carbocycles. The predicted octanol–water partition coefficient (Wildman–Crippen LogP) is 0.883. The molecule has 0 aliphatic heterocycles. The minimum atomic E-state index is -3.85. The molecule has 5 nitrogen and oxygen atoms in total. The monoisotopic (exact) mass is 277 g/mol. The van der Waals surface area contributed by atoms with Gasteiger partial charge in [-0.2, -0.15) is 0 Å². The zero-order valence-electron chi connectivity index (χ0n) is 10.4. The average molecular weight is 277 g/mol. The molecule has 0 fully saturated rings. The Morgan fingerprint density at radius 1 is 1.44 bits per heavy atom. The van der Waals surface area contributed by atoms with Gasteiger partial charge in [-0.05, 0) is 32.0 Å². The van der Waals surface area contributed by atoms with Crippen molar-refractivity contribution in [3.63, 3.8) is 0 Å². The van der Waals surface area contributed by atoms with Crippen LogP contribution in [0.4, 0.5) is 4.39 Å². The molecule has 1 aromatic rings. The Bertz CT molecular complexity index is 522. The first-order valence-corrected chi connectivity index (χ1v) is 6.69. The van der Waals surface area contributed by atoms with E-state index >= 15 is 0 Å². The second-order valence-corrected chi connectivity index (χ2v) is 6.20. The number of halogens is 1. The van der Waals surface area contributed by atoms with Gasteiger partial charge < -0.3 is 9.84 Å². The Hall–Kier alpha value is -1.18. The molecule has 2 N–H and O–H groups in total. The fourth-order valence-electron chi connectivity index (χ4n) is 1.17. The predicted molar refractivity (Wildman–Crippen MR) is 64.4 cm³/mol. The van der Waals surface area contributed by atoms with Crippen molar-refractivity contribution < 1.29 is 22.7 Å². The van der Waals surface area contributed by atoms with Gasteiger partial charge in [0.2, 0.25) is 10.0 Å². The second kappa shape index (κ2) is 5.21. The van der Waals surface area contributed by atoms with E-state index in [1.807, 2.05) is 0 Å². The van der Waals surface area contributed by atoms with Gasteiger partial charge in [0.15, 0.2) is 11.6 Å². The summed E-state index contributed by atoms with van der Waals surface area (Å²) in [5.74, 6) is -0.792. The maximum atomic E-state index is 13.4. The van der Waals surface area contributed by atoms with Crippen molar-refractivity contribution in [3.8, 4) is 5.75 Å². The lowest BCUT2D eigenvalue weighted by atomic mass is 10.1. The molecule has 0 amide bonds. The van der Waals surface area contributed by atoms with E-state index in [1.165, 1.54) is 33.1 Å². The number of methoxy groups -OCH3 is 1. The van der Waals surface area contributed by atoms with E-state index in [2.05, 4.69) is 4.72 Å². The molecule has 0 aliphatic carbocycles. The number of rotatable bonds is 5. The fraction of sp³-hybridized carbons (Fsp3) is 0.455. The third-order valence-corrected chi connectivity index (χ3v) is 3.53. The summed E-state index contributed by atoms with van der Waals surface area (Å²) in [6, 6.07) is 3.33. The number of benzene rings is 1. The van der Waals surface area contributed by atoms with E-state index < -0.39 is 21.4 Å². The average Bonchev–Trinajstić information content (AvgIpc) is 2.25. The number of ether oxygens (including phenoxy) is 1. The SMILES string of the molecule is COc1ccc(S(=O)(=O)NCC(C)(C)O)cc1F. The van der Waals surface area contributed by atoms with Crippen LogP contribution in [0.25, 0.3) is 0 Å². The number of sulfonamides is 1. The molecule has 7 heteroatoms. The standard InChI is InChI=1S/C11H16FNO4S/c1-11(2,14)7-13-18(15,16)8-4-5-10(17-3)9(12)6-8/h4-6,13-14H,7H2,1-3H3. The Kier molecular flexibility index (Phi) is 4.31. The first kappa shape index (κ1) is 14.9. The van der Waals surface area contributed by atoms with E-state index in [0.29, 0.717) is 0 Å². The van der Waals surface area contributed by atoms with Crippen LogP contribution >= 0.6 is 0 Å². The third kappa shape index (κ3) is 3.94. The molecule has 18 heavy (non-hydrogen) atoms. The van der Waals surface area contributed by atoms with Crippen LogP contribution < -0.4 is 9.46 Å². The van der Waals surface area contributed by atoms with Crippen molar-refractivity contribution in [2.75, 3.05) is 13.7 Å². The molecule has 1 aromatic carbocycles. The fourth-order valence-corrected chi connectivity index (χ4v) is 2.38. The van der Waals surface area contributed by atoms with Gasteiger partial charge >= 0.3 is 0 Å². The lowest BCUT2D eigenvalue weighted by molar-refractivity contribution is 0.0857. The summed E-state index contributed by atoms with van der Waals surface area (Å²) in [7, 11) is -2.56. The van der Waals surface area contributed by atoms with Crippen molar-refractivity contribution in [1.82, 2.24) is 4.72 Å².